The van der Waals surface area contributed by atoms with Crippen molar-refractivity contribution in [3.8, 4) is 0 Å². The first-order valence-corrected chi connectivity index (χ1v) is 40.1. The summed E-state index contributed by atoms with van der Waals surface area (Å²) in [6.45, 7) is 7.44. The Hall–Kier alpha value is -13.6. The van der Waals surface area contributed by atoms with Gasteiger partial charge in [-0.2, -0.15) is 0 Å². The van der Waals surface area contributed by atoms with E-state index in [1.54, 1.807) is 99.4 Å². The zero-order valence-corrected chi connectivity index (χ0v) is 67.3. The Balaban J connectivity index is 0.000000138. The Kier molecular flexibility index (Phi) is 26.7. The van der Waals surface area contributed by atoms with Gasteiger partial charge < -0.3 is 88.1 Å². The molecule has 39 heteroatoms. The number of rotatable bonds is 28. The summed E-state index contributed by atoms with van der Waals surface area (Å²) in [6, 6.07) is 47.9. The van der Waals surface area contributed by atoms with E-state index >= 15 is 0 Å². The van der Waals surface area contributed by atoms with E-state index < -0.39 is 128 Å². The number of ether oxygens (including phenoxy) is 12. The van der Waals surface area contributed by atoms with Crippen molar-refractivity contribution in [2.45, 2.75) is 133 Å². The molecular weight excluding hydrogens is 1620 g/mol. The highest BCUT2D eigenvalue weighted by molar-refractivity contribution is 5.98. The number of fused-ring (bicyclic) bond motifs is 6. The zero-order valence-electron chi connectivity index (χ0n) is 67.3. The minimum atomic E-state index is -1.02. The number of amides is 6. The van der Waals surface area contributed by atoms with Crippen molar-refractivity contribution in [2.75, 3.05) is 55.4 Å². The third kappa shape index (κ3) is 19.2. The fourth-order valence-corrected chi connectivity index (χ4v) is 15.2. The minimum Gasteiger partial charge on any atom is -0.478 e. The van der Waals surface area contributed by atoms with Gasteiger partial charge >= 0.3 is 36.0 Å². The van der Waals surface area contributed by atoms with Gasteiger partial charge in [0.2, 0.25) is 0 Å². The van der Waals surface area contributed by atoms with Crippen LogP contribution in [0.15, 0.2) is 208 Å². The number of aromatic carboxylic acids is 3. The number of carboxylic acid groups (broad SMARTS) is 3. The standard InChI is InChI=1S/C30H30N6O7.2C28H28N6O7/c1-2-31-30(39)35-26-23-27(33-16-32-26)36(17-34-23)28-25-24(42-22(43-25)13-12-18-8-4-3-5-9-18)21(41-28)15-40-14-19-10-6-7-11-20(19)29(37)38;2*1-2-29-28(37)33-23-20-24(31-14-30-23)34(15-32-20)25-22-21(40-27(41-22)16-8-4-3-5-9-16)19(39-25)13-38-12-17-10-6-7-11-18(17)26(35)36/h3-13,16-17,21-22,24-25,28H,2,14-15H2,1H3,(H,37,38)(H2,31,32,33,35,39);2*3-11,14-15,19,21-22,25,27H,2,12-13H2,1H3,(H,35,36)(H2,29,30,31,33,37)/b13-12+;;/t21?,22-,24?,25?,28?;2*19?,21?,22?,25?,27-/m010/s1. The van der Waals surface area contributed by atoms with E-state index in [1.807, 2.05) is 124 Å². The maximum atomic E-state index is 12.1. The average molecular weight is 1710 g/mol. The maximum absolute atomic E-state index is 12.1. The van der Waals surface area contributed by atoms with E-state index in [-0.39, 0.29) is 73.8 Å². The van der Waals surface area contributed by atoms with Crippen molar-refractivity contribution in [3.05, 3.63) is 258 Å². The normalized spacial score (nSPS) is 23.3. The van der Waals surface area contributed by atoms with Gasteiger partial charge in [0.05, 0.1) is 75.3 Å². The van der Waals surface area contributed by atoms with Crippen LogP contribution in [0.3, 0.4) is 0 Å². The number of anilines is 3. The second kappa shape index (κ2) is 39.3. The van der Waals surface area contributed by atoms with Crippen molar-refractivity contribution in [1.82, 2.24) is 74.5 Å². The fraction of sp³-hybridized carbons (Fsp3) is 0.314. The topological polar surface area (TPSA) is 477 Å². The van der Waals surface area contributed by atoms with Gasteiger partial charge in [0.15, 0.2) is 88.5 Å². The molecule has 39 nitrogen and oxygen atoms in total. The number of carbonyl (C=O) groups is 6. The summed E-state index contributed by atoms with van der Waals surface area (Å²) >= 11 is 0. The second-order valence-corrected chi connectivity index (χ2v) is 28.9. The predicted molar refractivity (Wildman–Crippen MR) is 442 cm³/mol. The number of hydrogen-bond acceptors (Lipinski definition) is 27. The Morgan fingerprint density at radius 1 is 0.368 bits per heavy atom. The van der Waals surface area contributed by atoms with Crippen molar-refractivity contribution in [2.24, 2.45) is 0 Å². The molecule has 6 saturated heterocycles. The molecule has 0 bridgehead atoms. The summed E-state index contributed by atoms with van der Waals surface area (Å²) in [5, 5.41) is 44.6. The zero-order chi connectivity index (χ0) is 86.5. The van der Waals surface area contributed by atoms with Crippen LogP contribution in [-0.4, -0.2) is 211 Å². The smallest absolute Gasteiger partial charge is 0.336 e. The molecule has 125 heavy (non-hydrogen) atoms. The first kappa shape index (κ1) is 85.0. The van der Waals surface area contributed by atoms with Gasteiger partial charge in [0.1, 0.15) is 73.9 Å². The van der Waals surface area contributed by atoms with E-state index in [0.717, 1.165) is 16.7 Å². The van der Waals surface area contributed by atoms with Crippen molar-refractivity contribution in [3.63, 3.8) is 0 Å². The van der Waals surface area contributed by atoms with Gasteiger partial charge in [-0.15, -0.1) is 0 Å². The van der Waals surface area contributed by atoms with Crippen LogP contribution < -0.4 is 31.9 Å². The number of nitrogens with one attached hydrogen (secondary N) is 6. The molecule has 12 heterocycles. The van der Waals surface area contributed by atoms with Crippen LogP contribution in [0.25, 0.3) is 39.6 Å². The minimum absolute atomic E-state index is 0.0820. The molecule has 15 atom stereocenters. The number of carboxylic acids is 3. The first-order chi connectivity index (χ1) is 61.1. The van der Waals surface area contributed by atoms with Gasteiger partial charge in [0.25, 0.3) is 0 Å². The molecule has 9 N–H and O–H groups in total. The molecule has 0 aliphatic carbocycles. The molecule has 646 valence electrons. The van der Waals surface area contributed by atoms with Gasteiger partial charge in [0, 0.05) is 30.8 Å². The second-order valence-electron chi connectivity index (χ2n) is 28.9. The maximum Gasteiger partial charge on any atom is 0.336 e. The molecule has 6 aliphatic rings. The van der Waals surface area contributed by atoms with Crippen molar-refractivity contribution < 1.29 is 101 Å². The third-order valence-electron chi connectivity index (χ3n) is 20.9. The molecular formula is C86H86N18O21. The van der Waals surface area contributed by atoms with Crippen molar-refractivity contribution in [1.29, 1.82) is 0 Å². The Bertz CT molecular complexity index is 5610. The number of urea groups is 3. The molecule has 6 aromatic heterocycles. The van der Waals surface area contributed by atoms with Crippen LogP contribution in [0.2, 0.25) is 0 Å². The van der Waals surface area contributed by atoms with Gasteiger partial charge in [-0.25, -0.2) is 73.6 Å². The molecule has 18 rings (SSSR count). The molecule has 0 radical (unpaired) electrons. The SMILES string of the molecule is CCNC(=O)Nc1ncnc2c1ncn2C1OC(COCc2ccccc2C(=O)O)C2O[C@@H](c3ccccc3)OC21.CCNC(=O)Nc1ncnc2c1ncn2C1OC(COCc2ccccc2C(=O)O)C2O[C@H](/C=C/c3ccccc3)OC21.CCNC(=O)Nc1ncnc2c1ncn2C1OC(COCc2ccccc2C(=O)O)C2O[C@H](c3ccccc3)OC21. The lowest BCUT2D eigenvalue weighted by molar-refractivity contribution is -0.158. The number of benzene rings is 6. The molecule has 12 aromatic rings. The quantitative estimate of drug-likeness (QED) is 0.0220. The number of carbonyl (C=O) groups excluding carboxylic acids is 3. The van der Waals surface area contributed by atoms with Crippen LogP contribution in [0.4, 0.5) is 31.8 Å². The molecule has 0 saturated carbocycles. The molecule has 6 aromatic carbocycles. The highest BCUT2D eigenvalue weighted by Gasteiger charge is 2.57. The lowest BCUT2D eigenvalue weighted by Gasteiger charge is -2.21. The van der Waals surface area contributed by atoms with Crippen LogP contribution in [-0.2, 0) is 76.7 Å². The largest absolute Gasteiger partial charge is 0.478 e. The van der Waals surface area contributed by atoms with E-state index in [4.69, 9.17) is 56.8 Å². The van der Waals surface area contributed by atoms with Crippen LogP contribution in [0, 0.1) is 0 Å². The number of aromatic nitrogens is 12. The highest BCUT2D eigenvalue weighted by atomic mass is 16.8. The summed E-state index contributed by atoms with van der Waals surface area (Å²) in [4.78, 5) is 110. The predicted octanol–water partition coefficient (Wildman–Crippen LogP) is 10.1. The van der Waals surface area contributed by atoms with Gasteiger partial charge in [-0.3, -0.25) is 29.7 Å². The summed E-state index contributed by atoms with van der Waals surface area (Å²) < 4.78 is 80.3. The average Bonchev–Trinajstić information content (AvgIpc) is 1.60. The molecule has 6 amide bonds. The number of nitrogens with zero attached hydrogens (tertiary/aromatic N) is 12. The lowest BCUT2D eigenvalue weighted by atomic mass is 10.1. The lowest BCUT2D eigenvalue weighted by Crippen LogP contribution is -2.32. The third-order valence-corrected chi connectivity index (χ3v) is 20.9. The van der Waals surface area contributed by atoms with Crippen LogP contribution in [0.1, 0.15) is 116 Å². The number of imidazole rings is 3. The Morgan fingerprint density at radius 2 is 0.672 bits per heavy atom. The summed E-state index contributed by atoms with van der Waals surface area (Å²) in [7, 11) is 0. The fourth-order valence-electron chi connectivity index (χ4n) is 15.2. The highest BCUT2D eigenvalue weighted by Crippen LogP contribution is 2.48. The molecule has 0 spiro atoms. The van der Waals surface area contributed by atoms with Crippen molar-refractivity contribution >= 4 is 93.0 Å². The van der Waals surface area contributed by atoms with Crippen LogP contribution in [0.5, 0.6) is 0 Å². The van der Waals surface area contributed by atoms with Crippen LogP contribution >= 0.6 is 0 Å². The van der Waals surface area contributed by atoms with E-state index in [2.05, 4.69) is 76.8 Å². The van der Waals surface area contributed by atoms with Gasteiger partial charge in [-0.05, 0) is 67.3 Å². The molecule has 6 fully saturated rings. The Labute approximate surface area is 711 Å². The monoisotopic (exact) mass is 1710 g/mol. The van der Waals surface area contributed by atoms with E-state index in [9.17, 15) is 44.1 Å². The van der Waals surface area contributed by atoms with E-state index in [1.165, 1.54) is 25.0 Å². The molecule has 6 aliphatic heterocycles. The summed E-state index contributed by atoms with van der Waals surface area (Å²) in [6.07, 6.45) is 3.84. The van der Waals surface area contributed by atoms with Gasteiger partial charge in [-0.1, -0.05) is 152 Å². The summed E-state index contributed by atoms with van der Waals surface area (Å²) in [5.41, 5.74) is 7.43. The number of hydrogen-bond donors (Lipinski definition) is 9. The first-order valence-electron chi connectivity index (χ1n) is 40.1. The molecule has 12 unspecified atom stereocenters. The Morgan fingerprint density at radius 3 is 1.02 bits per heavy atom. The summed E-state index contributed by atoms with van der Waals surface area (Å²) in [5.74, 6) is -2.28. The van der Waals surface area contributed by atoms with E-state index in [0.29, 0.717) is 69.8 Å².